The predicted molar refractivity (Wildman–Crippen MR) is 160 cm³/mol. The summed E-state index contributed by atoms with van der Waals surface area (Å²) in [6.07, 6.45) is 6.04. The summed E-state index contributed by atoms with van der Waals surface area (Å²) in [6.45, 7) is 8.37. The van der Waals surface area contributed by atoms with E-state index in [4.69, 9.17) is 9.72 Å². The zero-order valence-electron chi connectivity index (χ0n) is 24.7. The lowest BCUT2D eigenvalue weighted by Gasteiger charge is -2.46. The summed E-state index contributed by atoms with van der Waals surface area (Å²) in [4.78, 5) is 18.5. The number of benzene rings is 1. The molecule has 3 aliphatic rings. The molecular weight excluding hydrogens is 528 g/mol. The van der Waals surface area contributed by atoms with Crippen molar-refractivity contribution < 1.29 is 9.53 Å². The largest absolute Gasteiger partial charge is 0.382 e. The van der Waals surface area contributed by atoms with Gasteiger partial charge in [0.15, 0.2) is 0 Å². The monoisotopic (exact) mass is 568 g/mol. The molecule has 2 aromatic heterocycles. The van der Waals surface area contributed by atoms with Crippen molar-refractivity contribution in [2.24, 2.45) is 18.9 Å². The maximum absolute atomic E-state index is 13.7. The Morgan fingerprint density at radius 1 is 1.21 bits per heavy atom. The molecule has 220 valence electrons. The summed E-state index contributed by atoms with van der Waals surface area (Å²) < 4.78 is 7.46. The number of pyridine rings is 1. The minimum absolute atomic E-state index is 0.173. The Morgan fingerprint density at radius 2 is 2.02 bits per heavy atom. The van der Waals surface area contributed by atoms with Gasteiger partial charge in [-0.05, 0) is 73.4 Å². The van der Waals surface area contributed by atoms with E-state index in [0.29, 0.717) is 36.2 Å². The molecule has 0 bridgehead atoms. The summed E-state index contributed by atoms with van der Waals surface area (Å²) in [6, 6.07) is 12.2. The molecule has 4 heterocycles. The molecule has 1 amide bonds. The van der Waals surface area contributed by atoms with Crippen molar-refractivity contribution in [1.82, 2.24) is 25.1 Å². The first-order chi connectivity index (χ1) is 20.3. The van der Waals surface area contributed by atoms with Gasteiger partial charge in [-0.25, -0.2) is 4.98 Å². The summed E-state index contributed by atoms with van der Waals surface area (Å²) in [5, 5.41) is 28.1. The molecule has 0 spiro atoms. The topological polar surface area (TPSA) is 130 Å². The number of rotatable bonds is 9. The molecule has 0 radical (unpaired) electrons. The van der Waals surface area contributed by atoms with Crippen LogP contribution in [0.3, 0.4) is 0 Å². The van der Waals surface area contributed by atoms with Crippen LogP contribution in [0.15, 0.2) is 36.7 Å². The fourth-order valence-corrected chi connectivity index (χ4v) is 6.85. The third kappa shape index (κ3) is 5.39. The van der Waals surface area contributed by atoms with Crippen LogP contribution in [-0.2, 0) is 29.2 Å². The molecule has 2 aliphatic heterocycles. The van der Waals surface area contributed by atoms with E-state index in [1.807, 2.05) is 35.9 Å². The Hall–Kier alpha value is -3.81. The summed E-state index contributed by atoms with van der Waals surface area (Å²) in [5.41, 5.74) is 4.73. The van der Waals surface area contributed by atoms with E-state index in [9.17, 15) is 10.1 Å². The number of nitrogens with zero attached hydrogens (tertiary/aromatic N) is 5. The van der Waals surface area contributed by atoms with Gasteiger partial charge in [-0.15, -0.1) is 10.2 Å². The van der Waals surface area contributed by atoms with Gasteiger partial charge in [0, 0.05) is 50.9 Å². The summed E-state index contributed by atoms with van der Waals surface area (Å²) in [7, 11) is 1.95. The third-order valence-electron chi connectivity index (χ3n) is 9.24. The maximum atomic E-state index is 13.7. The number of aryl methyl sites for hydroxylation is 1. The average Bonchev–Trinajstić information content (AvgIpc) is 3.53. The van der Waals surface area contributed by atoms with Gasteiger partial charge in [-0.3, -0.25) is 4.79 Å². The molecule has 6 rings (SSSR count). The Balaban J connectivity index is 1.23. The number of fused-ring (bicyclic) bond motifs is 1. The van der Waals surface area contributed by atoms with E-state index in [2.05, 4.69) is 52.1 Å². The predicted octanol–water partition coefficient (Wildman–Crippen LogP) is 4.29. The van der Waals surface area contributed by atoms with Crippen molar-refractivity contribution in [2.45, 2.75) is 63.3 Å². The highest BCUT2D eigenvalue weighted by atomic mass is 16.5. The number of carbonyl (C=O) groups is 1. The lowest BCUT2D eigenvalue weighted by atomic mass is 9.57. The standard InChI is InChI=1S/C32H40N8O2/c1-31(2)19-35-27-23(18-34-17-21-8-11-42-12-9-21)13-26(38-28(27)31)29(41)37-25-6-4-5-24(14-25)32(15-22(16-32)7-10-33)30-39-36-20-40(30)3/h4-6,13-14,20-22,34-35H,7-9,11-12,15-19H2,1-3H3,(H,37,41). The Labute approximate surface area is 247 Å². The Morgan fingerprint density at radius 3 is 2.76 bits per heavy atom. The summed E-state index contributed by atoms with van der Waals surface area (Å²) in [5.74, 6) is 1.58. The van der Waals surface area contributed by atoms with Crippen LogP contribution in [0.4, 0.5) is 11.4 Å². The van der Waals surface area contributed by atoms with Crippen LogP contribution in [0.2, 0.25) is 0 Å². The molecule has 0 atom stereocenters. The molecule has 1 saturated carbocycles. The molecule has 1 aromatic carbocycles. The minimum Gasteiger partial charge on any atom is -0.382 e. The SMILES string of the molecule is Cn1cnnc1C1(c2cccc(NC(=O)c3cc(CNCC4CCOCC4)c4c(n3)C(C)(C)CN4)c2)CC(CC#N)C1. The van der Waals surface area contributed by atoms with Gasteiger partial charge < -0.3 is 25.3 Å². The van der Waals surface area contributed by atoms with Crippen LogP contribution in [0.25, 0.3) is 0 Å². The van der Waals surface area contributed by atoms with Crippen molar-refractivity contribution in [3.63, 3.8) is 0 Å². The van der Waals surface area contributed by atoms with E-state index in [-0.39, 0.29) is 16.7 Å². The first-order valence-corrected chi connectivity index (χ1v) is 15.0. The molecule has 10 nitrogen and oxygen atoms in total. The van der Waals surface area contributed by atoms with Gasteiger partial charge in [-0.2, -0.15) is 5.26 Å². The number of hydrogen-bond acceptors (Lipinski definition) is 8. The van der Waals surface area contributed by atoms with E-state index < -0.39 is 0 Å². The van der Waals surface area contributed by atoms with Crippen molar-refractivity contribution in [3.8, 4) is 6.07 Å². The second kappa shape index (κ2) is 11.5. The Kier molecular flexibility index (Phi) is 7.73. The highest BCUT2D eigenvalue weighted by molar-refractivity contribution is 6.03. The van der Waals surface area contributed by atoms with Crippen LogP contribution in [-0.4, -0.2) is 52.0 Å². The fraction of sp³-hybridized carbons (Fsp3) is 0.531. The van der Waals surface area contributed by atoms with Gasteiger partial charge in [0.1, 0.15) is 17.8 Å². The highest BCUT2D eigenvalue weighted by Gasteiger charge is 2.49. The number of ether oxygens (including phenoxy) is 1. The number of nitriles is 1. The van der Waals surface area contributed by atoms with Crippen molar-refractivity contribution in [3.05, 3.63) is 65.0 Å². The van der Waals surface area contributed by atoms with Gasteiger partial charge in [0.05, 0.1) is 22.9 Å². The van der Waals surface area contributed by atoms with Crippen LogP contribution >= 0.6 is 0 Å². The molecule has 1 saturated heterocycles. The quantitative estimate of drug-likeness (QED) is 0.349. The molecule has 10 heteroatoms. The summed E-state index contributed by atoms with van der Waals surface area (Å²) >= 11 is 0. The second-order valence-electron chi connectivity index (χ2n) is 12.8. The van der Waals surface area contributed by atoms with Crippen molar-refractivity contribution >= 4 is 17.3 Å². The van der Waals surface area contributed by atoms with Crippen LogP contribution in [0, 0.1) is 23.2 Å². The molecular formula is C32H40N8O2. The van der Waals surface area contributed by atoms with E-state index in [1.54, 1.807) is 6.33 Å². The van der Waals surface area contributed by atoms with E-state index >= 15 is 0 Å². The zero-order valence-corrected chi connectivity index (χ0v) is 24.7. The highest BCUT2D eigenvalue weighted by Crippen LogP contribution is 2.53. The molecule has 2 fully saturated rings. The van der Waals surface area contributed by atoms with Crippen molar-refractivity contribution in [1.29, 1.82) is 5.26 Å². The smallest absolute Gasteiger partial charge is 0.274 e. The number of amides is 1. The number of aromatic nitrogens is 4. The van der Waals surface area contributed by atoms with Gasteiger partial charge in [-0.1, -0.05) is 26.0 Å². The van der Waals surface area contributed by atoms with Crippen LogP contribution < -0.4 is 16.0 Å². The Bertz CT molecular complexity index is 1490. The van der Waals surface area contributed by atoms with Crippen LogP contribution in [0.1, 0.15) is 79.1 Å². The average molecular weight is 569 g/mol. The lowest BCUT2D eigenvalue weighted by molar-refractivity contribution is 0.0662. The first-order valence-electron chi connectivity index (χ1n) is 15.0. The lowest BCUT2D eigenvalue weighted by Crippen LogP contribution is -2.44. The van der Waals surface area contributed by atoms with E-state index in [1.165, 1.54) is 0 Å². The number of hydrogen-bond donors (Lipinski definition) is 3. The molecule has 3 N–H and O–H groups in total. The number of nitrogens with one attached hydrogen (secondary N) is 3. The molecule has 0 unspecified atom stereocenters. The second-order valence-corrected chi connectivity index (χ2v) is 12.8. The number of anilines is 2. The molecule has 3 aromatic rings. The van der Waals surface area contributed by atoms with Crippen LogP contribution in [0.5, 0.6) is 0 Å². The maximum Gasteiger partial charge on any atom is 0.274 e. The number of carbonyl (C=O) groups excluding carboxylic acids is 1. The van der Waals surface area contributed by atoms with Gasteiger partial charge in [0.2, 0.25) is 0 Å². The fourth-order valence-electron chi connectivity index (χ4n) is 6.85. The first kappa shape index (κ1) is 28.3. The zero-order chi connectivity index (χ0) is 29.3. The van der Waals surface area contributed by atoms with Crippen molar-refractivity contribution in [2.75, 3.05) is 36.9 Å². The van der Waals surface area contributed by atoms with E-state index in [0.717, 1.165) is 80.3 Å². The molecule has 42 heavy (non-hydrogen) atoms. The third-order valence-corrected chi connectivity index (χ3v) is 9.24. The normalized spacial score (nSPS) is 23.0. The minimum atomic E-state index is -0.335. The van der Waals surface area contributed by atoms with Gasteiger partial charge >= 0.3 is 0 Å². The van der Waals surface area contributed by atoms with Gasteiger partial charge in [0.25, 0.3) is 5.91 Å². The molecule has 1 aliphatic carbocycles.